The quantitative estimate of drug-likeness (QED) is 0.602. The number of benzene rings is 1. The van der Waals surface area contributed by atoms with Crippen LogP contribution < -0.4 is 5.19 Å². The predicted octanol–water partition coefficient (Wildman–Crippen LogP) is 3.04. The lowest BCUT2D eigenvalue weighted by Gasteiger charge is -2.19. The van der Waals surface area contributed by atoms with Crippen LogP contribution in [0.15, 0.2) is 42.1 Å². The Morgan fingerprint density at radius 2 is 1.94 bits per heavy atom. The first kappa shape index (κ1) is 14.7. The molecular formula is C15H22O2Si. The Morgan fingerprint density at radius 1 is 1.33 bits per heavy atom. The molecule has 2 nitrogen and oxygen atoms in total. The molecule has 0 aromatic heterocycles. The normalized spacial score (nSPS) is 13.6. The molecule has 0 aliphatic rings. The fourth-order valence-corrected chi connectivity index (χ4v) is 3.67. The minimum absolute atomic E-state index is 0.145. The molecule has 98 valence electrons. The lowest BCUT2D eigenvalue weighted by Crippen LogP contribution is -2.39. The number of esters is 1. The maximum Gasteiger partial charge on any atom is 0.306 e. The third kappa shape index (κ3) is 4.49. The van der Waals surface area contributed by atoms with Gasteiger partial charge >= 0.3 is 5.97 Å². The summed E-state index contributed by atoms with van der Waals surface area (Å²) in [6.07, 6.45) is 2.29. The zero-order chi connectivity index (χ0) is 13.6. The summed E-state index contributed by atoms with van der Waals surface area (Å²) in [4.78, 5) is 11.2. The second-order valence-corrected chi connectivity index (χ2v) is 9.35. The Morgan fingerprint density at radius 3 is 2.50 bits per heavy atom. The highest BCUT2D eigenvalue weighted by Gasteiger charge is 2.19. The van der Waals surface area contributed by atoms with Crippen LogP contribution in [0.25, 0.3) is 0 Å². The highest BCUT2D eigenvalue weighted by molar-refractivity contribution is 6.93. The van der Waals surface area contributed by atoms with Gasteiger partial charge in [-0.25, -0.2) is 0 Å². The summed E-state index contributed by atoms with van der Waals surface area (Å²) in [5.41, 5.74) is 2.23. The maximum absolute atomic E-state index is 11.2. The van der Waals surface area contributed by atoms with Crippen molar-refractivity contribution < 1.29 is 9.53 Å². The smallest absolute Gasteiger partial charge is 0.306 e. The van der Waals surface area contributed by atoms with Gasteiger partial charge in [0.2, 0.25) is 0 Å². The van der Waals surface area contributed by atoms with Crippen LogP contribution in [0.3, 0.4) is 0 Å². The van der Waals surface area contributed by atoms with Gasteiger partial charge in [0.15, 0.2) is 0 Å². The van der Waals surface area contributed by atoms with Crippen molar-refractivity contribution in [1.82, 2.24) is 0 Å². The molecule has 1 rings (SSSR count). The zero-order valence-corrected chi connectivity index (χ0v) is 12.6. The minimum atomic E-state index is -1.58. The van der Waals surface area contributed by atoms with Crippen molar-refractivity contribution in [3.63, 3.8) is 0 Å². The standard InChI is InChI=1S/C15H22O2Si/c1-5-15(16)17-13(2)11-12-18(3,4)14-9-7-6-8-10-14/h6-13H,5H2,1-4H3/b12-11+/t13-/m0/s1. The highest BCUT2D eigenvalue weighted by Crippen LogP contribution is 2.07. The van der Waals surface area contributed by atoms with Crippen LogP contribution in [-0.4, -0.2) is 20.1 Å². The average molecular weight is 262 g/mol. The number of ether oxygens (including phenoxy) is 1. The summed E-state index contributed by atoms with van der Waals surface area (Å²) in [5, 5.41) is 1.38. The number of carbonyl (C=O) groups excluding carboxylic acids is 1. The molecule has 0 saturated heterocycles. The second-order valence-electron chi connectivity index (χ2n) is 5.00. The molecular weight excluding hydrogens is 240 g/mol. The van der Waals surface area contributed by atoms with E-state index in [2.05, 4.69) is 43.1 Å². The van der Waals surface area contributed by atoms with Gasteiger partial charge in [-0.1, -0.05) is 67.3 Å². The van der Waals surface area contributed by atoms with E-state index >= 15 is 0 Å². The van der Waals surface area contributed by atoms with E-state index < -0.39 is 8.07 Å². The van der Waals surface area contributed by atoms with E-state index in [1.165, 1.54) is 5.19 Å². The molecule has 0 aliphatic carbocycles. The van der Waals surface area contributed by atoms with Crippen molar-refractivity contribution in [2.45, 2.75) is 39.5 Å². The Labute approximate surface area is 111 Å². The van der Waals surface area contributed by atoms with E-state index in [1.807, 2.05) is 19.1 Å². The van der Waals surface area contributed by atoms with E-state index in [9.17, 15) is 4.79 Å². The van der Waals surface area contributed by atoms with Crippen LogP contribution in [0.4, 0.5) is 0 Å². The van der Waals surface area contributed by atoms with E-state index in [-0.39, 0.29) is 12.1 Å². The largest absolute Gasteiger partial charge is 0.458 e. The number of hydrogen-bond acceptors (Lipinski definition) is 2. The van der Waals surface area contributed by atoms with E-state index in [0.29, 0.717) is 6.42 Å². The number of hydrogen-bond donors (Lipinski definition) is 0. The van der Waals surface area contributed by atoms with Crippen molar-refractivity contribution in [3.05, 3.63) is 42.1 Å². The molecule has 1 aromatic carbocycles. The monoisotopic (exact) mass is 262 g/mol. The number of rotatable bonds is 5. The first-order chi connectivity index (χ1) is 8.45. The molecule has 18 heavy (non-hydrogen) atoms. The van der Waals surface area contributed by atoms with Crippen molar-refractivity contribution >= 4 is 19.2 Å². The molecule has 0 fully saturated rings. The molecule has 0 bridgehead atoms. The van der Waals surface area contributed by atoms with Gasteiger partial charge in [-0.2, -0.15) is 0 Å². The van der Waals surface area contributed by atoms with Crippen molar-refractivity contribution in [3.8, 4) is 0 Å². The van der Waals surface area contributed by atoms with Gasteiger partial charge in [-0.15, -0.1) is 0 Å². The van der Waals surface area contributed by atoms with E-state index in [1.54, 1.807) is 6.92 Å². The van der Waals surface area contributed by atoms with Crippen LogP contribution in [0.5, 0.6) is 0 Å². The maximum atomic E-state index is 11.2. The zero-order valence-electron chi connectivity index (χ0n) is 11.6. The Balaban J connectivity index is 2.68. The van der Waals surface area contributed by atoms with Gasteiger partial charge in [0, 0.05) is 6.42 Å². The summed E-state index contributed by atoms with van der Waals surface area (Å²) in [7, 11) is -1.58. The van der Waals surface area contributed by atoms with Crippen LogP contribution >= 0.6 is 0 Å². The molecule has 0 N–H and O–H groups in total. The molecule has 3 heteroatoms. The van der Waals surface area contributed by atoms with Gasteiger partial charge in [0.25, 0.3) is 0 Å². The summed E-state index contributed by atoms with van der Waals surface area (Å²) < 4.78 is 5.23. The van der Waals surface area contributed by atoms with E-state index in [0.717, 1.165) is 0 Å². The molecule has 0 amide bonds. The molecule has 0 unspecified atom stereocenters. The van der Waals surface area contributed by atoms with Crippen molar-refractivity contribution in [2.24, 2.45) is 0 Å². The fourth-order valence-electron chi connectivity index (χ4n) is 1.67. The Hall–Kier alpha value is -1.35. The van der Waals surface area contributed by atoms with Gasteiger partial charge in [-0.3, -0.25) is 4.79 Å². The third-order valence-corrected chi connectivity index (χ3v) is 5.75. The third-order valence-electron chi connectivity index (χ3n) is 2.91. The molecule has 1 atom stereocenters. The van der Waals surface area contributed by atoms with Crippen LogP contribution in [0, 0.1) is 0 Å². The summed E-state index contributed by atoms with van der Waals surface area (Å²) in [5.74, 6) is -0.147. The molecule has 0 saturated carbocycles. The lowest BCUT2D eigenvalue weighted by molar-refractivity contribution is -0.145. The fraction of sp³-hybridized carbons (Fsp3) is 0.400. The van der Waals surface area contributed by atoms with Gasteiger partial charge in [0.1, 0.15) is 14.2 Å². The van der Waals surface area contributed by atoms with Gasteiger partial charge in [0.05, 0.1) is 0 Å². The van der Waals surface area contributed by atoms with Gasteiger partial charge in [-0.05, 0) is 6.92 Å². The second kappa shape index (κ2) is 6.54. The van der Waals surface area contributed by atoms with Crippen molar-refractivity contribution in [1.29, 1.82) is 0 Å². The van der Waals surface area contributed by atoms with E-state index in [4.69, 9.17) is 4.74 Å². The minimum Gasteiger partial charge on any atom is -0.458 e. The Kier molecular flexibility index (Phi) is 5.35. The van der Waals surface area contributed by atoms with Crippen LogP contribution in [0.1, 0.15) is 20.3 Å². The number of carbonyl (C=O) groups is 1. The summed E-state index contributed by atoms with van der Waals surface area (Å²) in [6.45, 7) is 8.28. The molecule has 1 aromatic rings. The molecule has 0 spiro atoms. The molecule has 0 heterocycles. The van der Waals surface area contributed by atoms with Crippen LogP contribution in [-0.2, 0) is 9.53 Å². The first-order valence-electron chi connectivity index (χ1n) is 6.40. The van der Waals surface area contributed by atoms with Crippen LogP contribution in [0.2, 0.25) is 13.1 Å². The molecule has 0 radical (unpaired) electrons. The summed E-state index contributed by atoms with van der Waals surface area (Å²) >= 11 is 0. The first-order valence-corrected chi connectivity index (χ1v) is 9.48. The average Bonchev–Trinajstić information content (AvgIpc) is 2.37. The van der Waals surface area contributed by atoms with Crippen molar-refractivity contribution in [2.75, 3.05) is 0 Å². The highest BCUT2D eigenvalue weighted by atomic mass is 28.3. The Bertz CT molecular complexity index is 410. The predicted molar refractivity (Wildman–Crippen MR) is 78.5 cm³/mol. The van der Waals surface area contributed by atoms with Gasteiger partial charge < -0.3 is 4.74 Å². The summed E-state index contributed by atoms with van der Waals surface area (Å²) in [6, 6.07) is 10.5. The lowest BCUT2D eigenvalue weighted by atomic mass is 10.4. The topological polar surface area (TPSA) is 26.3 Å². The molecule has 0 aliphatic heterocycles. The SMILES string of the molecule is CCC(=O)O[C@@H](C)/C=C/[Si](C)(C)c1ccccc1.